The van der Waals surface area contributed by atoms with Crippen LogP contribution in [-0.4, -0.2) is 76.0 Å². The normalized spacial score (nSPS) is 17.9. The summed E-state index contributed by atoms with van der Waals surface area (Å²) < 4.78 is 12.6. The molecule has 11 nitrogen and oxygen atoms in total. The number of carboxylic acids is 2. The first kappa shape index (κ1) is 29.8. The number of carboxylic acid groups (broad SMARTS) is 2. The molecular formula is C29H33N3O8S. The molecule has 1 saturated heterocycles. The molecule has 0 aliphatic carbocycles. The van der Waals surface area contributed by atoms with Crippen molar-refractivity contribution in [3.63, 3.8) is 0 Å². The SMILES string of the molecule is COc1ccc2cc([C@@]3(C)CCCCN3C[C@H](O)COc3cccc4[nH]c(C(N)=O)cc34)sc2c1.O=C(O)C(=O)O. The topological polar surface area (TPSA) is 175 Å². The van der Waals surface area contributed by atoms with Crippen LogP contribution in [0, 0.1) is 0 Å². The fraction of sp³-hybridized carbons (Fsp3) is 0.345. The Hall–Kier alpha value is -4.13. The molecule has 218 valence electrons. The van der Waals surface area contributed by atoms with Gasteiger partial charge < -0.3 is 35.5 Å². The lowest BCUT2D eigenvalue weighted by molar-refractivity contribution is -0.159. The van der Waals surface area contributed by atoms with E-state index < -0.39 is 23.9 Å². The Balaban J connectivity index is 0.000000585. The summed E-state index contributed by atoms with van der Waals surface area (Å²) in [5.41, 5.74) is 6.37. The van der Waals surface area contributed by atoms with Crippen molar-refractivity contribution in [2.75, 3.05) is 26.8 Å². The number of carbonyl (C=O) groups excluding carboxylic acids is 1. The predicted octanol–water partition coefficient (Wildman–Crippen LogP) is 3.79. The van der Waals surface area contributed by atoms with Gasteiger partial charge >= 0.3 is 11.9 Å². The highest BCUT2D eigenvalue weighted by Gasteiger charge is 2.38. The number of aliphatic hydroxyl groups is 1. The molecule has 2 atom stereocenters. The number of rotatable bonds is 8. The van der Waals surface area contributed by atoms with Gasteiger partial charge in [0, 0.05) is 27.0 Å². The molecule has 2 aromatic heterocycles. The minimum absolute atomic E-state index is 0.146. The van der Waals surface area contributed by atoms with E-state index in [4.69, 9.17) is 35.0 Å². The number of primary amides is 1. The van der Waals surface area contributed by atoms with Crippen LogP contribution >= 0.6 is 11.3 Å². The number of hydrogen-bond donors (Lipinski definition) is 5. The van der Waals surface area contributed by atoms with E-state index in [0.29, 0.717) is 18.0 Å². The number of aliphatic carboxylic acids is 2. The summed E-state index contributed by atoms with van der Waals surface area (Å²) in [5, 5.41) is 27.7. The van der Waals surface area contributed by atoms with Gasteiger partial charge in [-0.05, 0) is 80.6 Å². The highest BCUT2D eigenvalue weighted by molar-refractivity contribution is 7.19. The van der Waals surface area contributed by atoms with Crippen LogP contribution in [0.3, 0.4) is 0 Å². The quantitative estimate of drug-likeness (QED) is 0.193. The van der Waals surface area contributed by atoms with Gasteiger partial charge in [0.25, 0.3) is 5.91 Å². The molecule has 0 spiro atoms. The summed E-state index contributed by atoms with van der Waals surface area (Å²) in [4.78, 5) is 36.4. The maximum Gasteiger partial charge on any atom is 0.414 e. The van der Waals surface area contributed by atoms with Crippen molar-refractivity contribution in [3.8, 4) is 11.5 Å². The number of aromatic nitrogens is 1. The number of amides is 1. The second-order valence-electron chi connectivity index (χ2n) is 10.0. The Morgan fingerprint density at radius 2 is 1.88 bits per heavy atom. The number of likely N-dealkylation sites (tertiary alicyclic amines) is 1. The van der Waals surface area contributed by atoms with E-state index in [9.17, 15) is 9.90 Å². The van der Waals surface area contributed by atoms with Crippen LogP contribution in [0.2, 0.25) is 0 Å². The molecule has 0 bridgehead atoms. The zero-order valence-electron chi connectivity index (χ0n) is 22.8. The first-order valence-electron chi connectivity index (χ1n) is 13.0. The van der Waals surface area contributed by atoms with E-state index in [0.717, 1.165) is 42.5 Å². The number of piperidine rings is 1. The zero-order valence-corrected chi connectivity index (χ0v) is 23.6. The standard InChI is InChI=1S/C27H31N3O4S.C2H2O4/c1-27(25-12-17-8-9-19(33-2)13-24(17)35-25)10-3-4-11-30(27)15-18(31)16-34-23-7-5-6-21-20(23)14-22(29-21)26(28)32;3-1(4)2(5)6/h5-9,12-14,18,29,31H,3-4,10-11,15-16H2,1-2H3,(H2,28,32);(H,3,4)(H,5,6)/t18-,27+;/m0./s1. The number of hydrogen-bond acceptors (Lipinski definition) is 8. The van der Waals surface area contributed by atoms with Crippen LogP contribution < -0.4 is 15.2 Å². The van der Waals surface area contributed by atoms with Crippen LogP contribution in [0.15, 0.2) is 48.5 Å². The molecule has 5 rings (SSSR count). The number of ether oxygens (including phenoxy) is 2. The monoisotopic (exact) mass is 583 g/mol. The zero-order chi connectivity index (χ0) is 29.7. The van der Waals surface area contributed by atoms with Gasteiger partial charge in [0.05, 0.1) is 12.6 Å². The summed E-state index contributed by atoms with van der Waals surface area (Å²) in [6.07, 6.45) is 2.66. The van der Waals surface area contributed by atoms with Gasteiger partial charge in [0.15, 0.2) is 0 Å². The number of aromatic amines is 1. The molecule has 1 fully saturated rings. The lowest BCUT2D eigenvalue weighted by atomic mass is 9.86. The average Bonchev–Trinajstić information content (AvgIpc) is 3.58. The van der Waals surface area contributed by atoms with E-state index in [2.05, 4.69) is 35.0 Å². The molecule has 1 amide bonds. The van der Waals surface area contributed by atoms with Crippen molar-refractivity contribution in [2.45, 2.75) is 37.8 Å². The van der Waals surface area contributed by atoms with Gasteiger partial charge in [-0.2, -0.15) is 0 Å². The number of β-amino-alcohol motifs (C(OH)–C–C–N with tert-alkyl or cyclic N) is 1. The Bertz CT molecular complexity index is 1550. The van der Waals surface area contributed by atoms with Crippen molar-refractivity contribution in [1.82, 2.24) is 9.88 Å². The van der Waals surface area contributed by atoms with Crippen LogP contribution in [0.4, 0.5) is 0 Å². The number of aliphatic hydroxyl groups excluding tert-OH is 1. The Kier molecular flexibility index (Phi) is 9.16. The number of nitrogens with zero attached hydrogens (tertiary/aromatic N) is 1. The van der Waals surface area contributed by atoms with Gasteiger partial charge in [-0.15, -0.1) is 11.3 Å². The number of nitrogens with one attached hydrogen (secondary N) is 1. The molecule has 3 heterocycles. The maximum atomic E-state index is 11.5. The molecule has 1 aliphatic heterocycles. The number of carbonyl (C=O) groups is 3. The third-order valence-electron chi connectivity index (χ3n) is 7.23. The average molecular weight is 584 g/mol. The second kappa shape index (κ2) is 12.6. The van der Waals surface area contributed by atoms with E-state index in [1.165, 1.54) is 15.0 Å². The number of fused-ring (bicyclic) bond motifs is 2. The molecular weight excluding hydrogens is 550 g/mol. The molecule has 2 aromatic carbocycles. The number of H-pyrrole nitrogens is 1. The van der Waals surface area contributed by atoms with Crippen molar-refractivity contribution in [1.29, 1.82) is 0 Å². The number of benzene rings is 2. The van der Waals surface area contributed by atoms with Crippen molar-refractivity contribution in [2.24, 2.45) is 5.73 Å². The molecule has 41 heavy (non-hydrogen) atoms. The summed E-state index contributed by atoms with van der Waals surface area (Å²) in [7, 11) is 1.69. The molecule has 0 unspecified atom stereocenters. The summed E-state index contributed by atoms with van der Waals surface area (Å²) >= 11 is 1.80. The van der Waals surface area contributed by atoms with Crippen LogP contribution in [0.5, 0.6) is 11.5 Å². The van der Waals surface area contributed by atoms with Crippen LogP contribution in [0.1, 0.15) is 41.6 Å². The summed E-state index contributed by atoms with van der Waals surface area (Å²) in [6.45, 7) is 3.89. The van der Waals surface area contributed by atoms with Crippen LogP contribution in [0.25, 0.3) is 21.0 Å². The smallest absolute Gasteiger partial charge is 0.414 e. The third kappa shape index (κ3) is 6.79. The second-order valence-corrected chi connectivity index (χ2v) is 11.1. The number of thiophene rings is 1. The lowest BCUT2D eigenvalue weighted by Crippen LogP contribution is -2.50. The molecule has 12 heteroatoms. The molecule has 0 saturated carbocycles. The molecule has 1 aliphatic rings. The van der Waals surface area contributed by atoms with E-state index in [-0.39, 0.29) is 12.1 Å². The summed E-state index contributed by atoms with van der Waals surface area (Å²) in [6, 6.07) is 15.7. The Labute approximate surface area is 240 Å². The fourth-order valence-electron chi connectivity index (χ4n) is 5.03. The number of nitrogens with two attached hydrogens (primary N) is 1. The minimum Gasteiger partial charge on any atom is -0.497 e. The van der Waals surface area contributed by atoms with E-state index in [1.54, 1.807) is 24.5 Å². The highest BCUT2D eigenvalue weighted by Crippen LogP contribution is 2.43. The van der Waals surface area contributed by atoms with Gasteiger partial charge in [-0.3, -0.25) is 9.69 Å². The predicted molar refractivity (Wildman–Crippen MR) is 155 cm³/mol. The molecule has 0 radical (unpaired) electrons. The van der Waals surface area contributed by atoms with E-state index in [1.807, 2.05) is 24.3 Å². The molecule has 4 aromatic rings. The third-order valence-corrected chi connectivity index (χ3v) is 8.58. The van der Waals surface area contributed by atoms with Crippen molar-refractivity contribution in [3.05, 3.63) is 59.1 Å². The molecule has 6 N–H and O–H groups in total. The van der Waals surface area contributed by atoms with Crippen molar-refractivity contribution >= 4 is 50.2 Å². The number of methoxy groups -OCH3 is 1. The van der Waals surface area contributed by atoms with Gasteiger partial charge in [-0.25, -0.2) is 9.59 Å². The van der Waals surface area contributed by atoms with E-state index >= 15 is 0 Å². The minimum atomic E-state index is -1.82. The Morgan fingerprint density at radius 1 is 1.12 bits per heavy atom. The first-order valence-corrected chi connectivity index (χ1v) is 13.8. The fourth-order valence-corrected chi connectivity index (χ4v) is 6.33. The summed E-state index contributed by atoms with van der Waals surface area (Å²) in [5.74, 6) is -2.68. The van der Waals surface area contributed by atoms with Gasteiger partial charge in [-0.1, -0.05) is 6.07 Å². The van der Waals surface area contributed by atoms with Gasteiger partial charge in [0.1, 0.15) is 29.9 Å². The highest BCUT2D eigenvalue weighted by atomic mass is 32.1. The van der Waals surface area contributed by atoms with Crippen LogP contribution in [-0.2, 0) is 15.1 Å². The lowest BCUT2D eigenvalue weighted by Gasteiger charge is -2.45. The maximum absolute atomic E-state index is 11.5. The van der Waals surface area contributed by atoms with Gasteiger partial charge in [0.2, 0.25) is 0 Å². The largest absolute Gasteiger partial charge is 0.497 e. The first-order chi connectivity index (χ1) is 19.5. The van der Waals surface area contributed by atoms with Crippen molar-refractivity contribution < 1.29 is 39.2 Å². The Morgan fingerprint density at radius 3 is 2.56 bits per heavy atom.